The molecule has 1 heterocycles. The molecule has 0 bridgehead atoms. The summed E-state index contributed by atoms with van der Waals surface area (Å²) < 4.78 is 10.4. The van der Waals surface area contributed by atoms with Crippen LogP contribution in [0.5, 0.6) is 0 Å². The zero-order valence-corrected chi connectivity index (χ0v) is 7.11. The van der Waals surface area contributed by atoms with E-state index in [9.17, 15) is 4.79 Å². The minimum absolute atomic E-state index is 0.558. The van der Waals surface area contributed by atoms with E-state index in [4.69, 9.17) is 14.6 Å². The number of ether oxygens (including phenoxy) is 2. The van der Waals surface area contributed by atoms with Gasteiger partial charge in [0.2, 0.25) is 0 Å². The van der Waals surface area contributed by atoms with Gasteiger partial charge >= 0.3 is 5.97 Å². The van der Waals surface area contributed by atoms with Crippen LogP contribution in [0, 0.1) is 0 Å². The number of rotatable bonds is 2. The first-order valence-corrected chi connectivity index (χ1v) is 3.67. The lowest BCUT2D eigenvalue weighted by atomic mass is 10.2. The fourth-order valence-corrected chi connectivity index (χ4v) is 1.15. The fraction of sp³-hybridized carbons (Fsp3) is 0.625. The molecule has 12 heavy (non-hydrogen) atoms. The van der Waals surface area contributed by atoms with Crippen LogP contribution >= 0.6 is 0 Å². The van der Waals surface area contributed by atoms with Crippen molar-refractivity contribution in [3.05, 3.63) is 12.7 Å². The SMILES string of the molecule is C=C[C@@H]1OC(C)(C)OC1C(=O)O. The summed E-state index contributed by atoms with van der Waals surface area (Å²) in [6, 6.07) is 0. The molecular formula is C8H12O4. The summed E-state index contributed by atoms with van der Waals surface area (Å²) in [5, 5.41) is 8.69. The molecule has 1 aliphatic rings. The quantitative estimate of drug-likeness (QED) is 0.625. The molecule has 0 saturated carbocycles. The van der Waals surface area contributed by atoms with Crippen molar-refractivity contribution in [2.45, 2.75) is 31.8 Å². The molecular weight excluding hydrogens is 160 g/mol. The fourth-order valence-electron chi connectivity index (χ4n) is 1.15. The number of carboxylic acids is 1. The summed E-state index contributed by atoms with van der Waals surface area (Å²) in [5.74, 6) is -1.85. The molecule has 1 aliphatic heterocycles. The second kappa shape index (κ2) is 2.88. The molecule has 1 N–H and O–H groups in total. The Hall–Kier alpha value is -0.870. The Morgan fingerprint density at radius 2 is 2.17 bits per heavy atom. The minimum atomic E-state index is -1.02. The summed E-state index contributed by atoms with van der Waals surface area (Å²) in [7, 11) is 0. The summed E-state index contributed by atoms with van der Waals surface area (Å²) in [4.78, 5) is 10.6. The number of hydrogen-bond acceptors (Lipinski definition) is 3. The van der Waals surface area contributed by atoms with Gasteiger partial charge in [0.1, 0.15) is 6.10 Å². The molecule has 4 heteroatoms. The molecule has 0 aromatic heterocycles. The lowest BCUT2D eigenvalue weighted by Gasteiger charge is -2.15. The molecule has 0 aromatic rings. The molecule has 0 aromatic carbocycles. The van der Waals surface area contributed by atoms with Gasteiger partial charge in [0.25, 0.3) is 0 Å². The van der Waals surface area contributed by atoms with Gasteiger partial charge in [-0.1, -0.05) is 6.08 Å². The van der Waals surface area contributed by atoms with Crippen LogP contribution in [0.3, 0.4) is 0 Å². The second-order valence-electron chi connectivity index (χ2n) is 3.09. The van der Waals surface area contributed by atoms with Crippen LogP contribution in [0.15, 0.2) is 12.7 Å². The molecule has 2 atom stereocenters. The standard InChI is InChI=1S/C8H12O4/c1-4-5-6(7(9)10)12-8(2,3)11-5/h4-6H,1H2,2-3H3,(H,9,10)/t5-,6?/m0/s1. The number of carboxylic acid groups (broad SMARTS) is 1. The van der Waals surface area contributed by atoms with Gasteiger partial charge in [-0.2, -0.15) is 0 Å². The molecule has 0 amide bonds. The van der Waals surface area contributed by atoms with Crippen molar-refractivity contribution in [2.75, 3.05) is 0 Å². The van der Waals surface area contributed by atoms with Gasteiger partial charge < -0.3 is 14.6 Å². The van der Waals surface area contributed by atoms with Crippen molar-refractivity contribution in [1.82, 2.24) is 0 Å². The minimum Gasteiger partial charge on any atom is -0.479 e. The Kier molecular flexibility index (Phi) is 2.21. The van der Waals surface area contributed by atoms with Gasteiger partial charge in [0.05, 0.1) is 0 Å². The van der Waals surface area contributed by atoms with E-state index in [1.807, 2.05) is 0 Å². The van der Waals surface area contributed by atoms with Gasteiger partial charge in [-0.25, -0.2) is 4.79 Å². The first-order valence-electron chi connectivity index (χ1n) is 3.67. The average Bonchev–Trinajstić information content (AvgIpc) is 2.25. The van der Waals surface area contributed by atoms with Crippen LogP contribution in [0.2, 0.25) is 0 Å². The van der Waals surface area contributed by atoms with E-state index < -0.39 is 24.0 Å². The van der Waals surface area contributed by atoms with Gasteiger partial charge in [-0.05, 0) is 13.8 Å². The van der Waals surface area contributed by atoms with Crippen molar-refractivity contribution in [2.24, 2.45) is 0 Å². The maximum atomic E-state index is 10.6. The lowest BCUT2D eigenvalue weighted by molar-refractivity contribution is -0.165. The molecule has 1 rings (SSSR count). The first-order chi connectivity index (χ1) is 5.46. The van der Waals surface area contributed by atoms with E-state index in [2.05, 4.69) is 6.58 Å². The Morgan fingerprint density at radius 3 is 2.50 bits per heavy atom. The van der Waals surface area contributed by atoms with Crippen molar-refractivity contribution >= 4 is 5.97 Å². The number of carbonyl (C=O) groups is 1. The maximum Gasteiger partial charge on any atom is 0.336 e. The third kappa shape index (κ3) is 1.65. The predicted octanol–water partition coefficient (Wildman–Crippen LogP) is 0.777. The number of hydrogen-bond donors (Lipinski definition) is 1. The summed E-state index contributed by atoms with van der Waals surface area (Å²) in [6.45, 7) is 6.82. The predicted molar refractivity (Wildman–Crippen MR) is 41.7 cm³/mol. The van der Waals surface area contributed by atoms with Crippen LogP contribution < -0.4 is 0 Å². The Morgan fingerprint density at radius 1 is 1.58 bits per heavy atom. The number of aliphatic carboxylic acids is 1. The molecule has 1 fully saturated rings. The van der Waals surface area contributed by atoms with E-state index in [0.29, 0.717) is 0 Å². The van der Waals surface area contributed by atoms with E-state index in [1.165, 1.54) is 6.08 Å². The zero-order valence-electron chi connectivity index (χ0n) is 7.11. The van der Waals surface area contributed by atoms with Gasteiger partial charge in [-0.15, -0.1) is 6.58 Å². The van der Waals surface area contributed by atoms with Gasteiger partial charge in [0, 0.05) is 0 Å². The topological polar surface area (TPSA) is 55.8 Å². The molecule has 0 spiro atoms. The summed E-state index contributed by atoms with van der Waals surface area (Å²) >= 11 is 0. The molecule has 0 aliphatic carbocycles. The van der Waals surface area contributed by atoms with Crippen molar-refractivity contribution in [3.63, 3.8) is 0 Å². The summed E-state index contributed by atoms with van der Waals surface area (Å²) in [5.41, 5.74) is 0. The highest BCUT2D eigenvalue weighted by atomic mass is 16.8. The van der Waals surface area contributed by atoms with Crippen LogP contribution in [-0.4, -0.2) is 29.1 Å². The van der Waals surface area contributed by atoms with E-state index in [1.54, 1.807) is 13.8 Å². The molecule has 0 radical (unpaired) electrons. The highest BCUT2D eigenvalue weighted by Gasteiger charge is 2.43. The smallest absolute Gasteiger partial charge is 0.336 e. The van der Waals surface area contributed by atoms with Gasteiger partial charge in [0.15, 0.2) is 11.9 Å². The lowest BCUT2D eigenvalue weighted by Crippen LogP contribution is -2.29. The highest BCUT2D eigenvalue weighted by Crippen LogP contribution is 2.28. The maximum absolute atomic E-state index is 10.6. The Bertz CT molecular complexity index is 209. The summed E-state index contributed by atoms with van der Waals surface area (Å²) in [6.07, 6.45) is -0.0527. The Balaban J connectivity index is 2.76. The van der Waals surface area contributed by atoms with Crippen molar-refractivity contribution < 1.29 is 19.4 Å². The molecule has 68 valence electrons. The largest absolute Gasteiger partial charge is 0.479 e. The highest BCUT2D eigenvalue weighted by molar-refractivity contribution is 5.73. The van der Waals surface area contributed by atoms with Crippen molar-refractivity contribution in [3.8, 4) is 0 Å². The second-order valence-corrected chi connectivity index (χ2v) is 3.09. The van der Waals surface area contributed by atoms with Crippen LogP contribution in [0.25, 0.3) is 0 Å². The van der Waals surface area contributed by atoms with Gasteiger partial charge in [-0.3, -0.25) is 0 Å². The molecule has 1 saturated heterocycles. The van der Waals surface area contributed by atoms with Crippen LogP contribution in [0.4, 0.5) is 0 Å². The third-order valence-electron chi connectivity index (χ3n) is 1.60. The first kappa shape index (κ1) is 9.22. The molecule has 1 unspecified atom stereocenters. The third-order valence-corrected chi connectivity index (χ3v) is 1.60. The normalized spacial score (nSPS) is 33.2. The van der Waals surface area contributed by atoms with Crippen LogP contribution in [-0.2, 0) is 14.3 Å². The van der Waals surface area contributed by atoms with Crippen LogP contribution in [0.1, 0.15) is 13.8 Å². The average molecular weight is 172 g/mol. The Labute approximate surface area is 70.8 Å². The van der Waals surface area contributed by atoms with E-state index in [0.717, 1.165) is 0 Å². The zero-order chi connectivity index (χ0) is 9.35. The van der Waals surface area contributed by atoms with E-state index >= 15 is 0 Å². The molecule has 4 nitrogen and oxygen atoms in total. The van der Waals surface area contributed by atoms with E-state index in [-0.39, 0.29) is 0 Å². The monoisotopic (exact) mass is 172 g/mol. The van der Waals surface area contributed by atoms with Crippen molar-refractivity contribution in [1.29, 1.82) is 0 Å².